The number of rotatable bonds is 6. The van der Waals surface area contributed by atoms with Crippen LogP contribution in [0.1, 0.15) is 50.0 Å². The van der Waals surface area contributed by atoms with E-state index in [1.165, 1.54) is 0 Å². The van der Waals surface area contributed by atoms with E-state index < -0.39 is 0 Å². The van der Waals surface area contributed by atoms with Crippen LogP contribution in [-0.4, -0.2) is 45.2 Å². The maximum atomic E-state index is 12.2. The fraction of sp³-hybridized carbons (Fsp3) is 0.526. The van der Waals surface area contributed by atoms with Crippen molar-refractivity contribution in [3.8, 4) is 0 Å². The number of aromatic nitrogens is 3. The van der Waals surface area contributed by atoms with Crippen LogP contribution in [0.2, 0.25) is 0 Å². The lowest BCUT2D eigenvalue weighted by Gasteiger charge is -2.32. The van der Waals surface area contributed by atoms with Crippen molar-refractivity contribution in [2.45, 2.75) is 45.1 Å². The fourth-order valence-corrected chi connectivity index (χ4v) is 3.23. The smallest absolute Gasteiger partial charge is 0.409 e. The average Bonchev–Trinajstić information content (AvgIpc) is 3.11. The molecule has 0 aliphatic carbocycles. The molecule has 134 valence electrons. The van der Waals surface area contributed by atoms with E-state index in [-0.39, 0.29) is 12.0 Å². The number of amides is 1. The molecule has 1 saturated heterocycles. The van der Waals surface area contributed by atoms with E-state index in [1.54, 1.807) is 6.20 Å². The third-order valence-electron chi connectivity index (χ3n) is 4.57. The molecule has 25 heavy (non-hydrogen) atoms. The first-order valence-electron chi connectivity index (χ1n) is 9.10. The lowest BCUT2D eigenvalue weighted by atomic mass is 9.97. The minimum absolute atomic E-state index is 0.194. The standard InChI is InChI=1S/C19H26N4O2/c1-2-3-13-25-19(24)23-11-6-7-16(14-23)18-21-10-12-22(18)15-17-8-4-5-9-20-17/h4-5,8-10,12,16H,2-3,6-7,11,13-15H2,1H3/t16-/m1/s1. The number of pyridine rings is 1. The van der Waals surface area contributed by atoms with Gasteiger partial charge in [-0.1, -0.05) is 19.4 Å². The van der Waals surface area contributed by atoms with Gasteiger partial charge in [0.2, 0.25) is 0 Å². The number of nitrogens with zero attached hydrogens (tertiary/aromatic N) is 4. The zero-order valence-corrected chi connectivity index (χ0v) is 14.8. The highest BCUT2D eigenvalue weighted by Crippen LogP contribution is 2.26. The van der Waals surface area contributed by atoms with Gasteiger partial charge in [0.25, 0.3) is 0 Å². The van der Waals surface area contributed by atoms with Crippen molar-refractivity contribution in [3.63, 3.8) is 0 Å². The highest BCUT2D eigenvalue weighted by molar-refractivity contribution is 5.67. The number of piperidine rings is 1. The number of likely N-dealkylation sites (tertiary alicyclic amines) is 1. The van der Waals surface area contributed by atoms with Gasteiger partial charge in [0.1, 0.15) is 5.82 Å². The highest BCUT2D eigenvalue weighted by atomic mass is 16.6. The Kier molecular flexibility index (Phi) is 6.04. The van der Waals surface area contributed by atoms with Crippen LogP contribution in [0.25, 0.3) is 0 Å². The van der Waals surface area contributed by atoms with E-state index in [4.69, 9.17) is 4.74 Å². The van der Waals surface area contributed by atoms with Gasteiger partial charge in [-0.05, 0) is 31.4 Å². The van der Waals surface area contributed by atoms with Gasteiger partial charge < -0.3 is 14.2 Å². The van der Waals surface area contributed by atoms with Crippen LogP contribution in [0.3, 0.4) is 0 Å². The lowest BCUT2D eigenvalue weighted by Crippen LogP contribution is -2.40. The summed E-state index contributed by atoms with van der Waals surface area (Å²) in [5.74, 6) is 1.27. The van der Waals surface area contributed by atoms with E-state index >= 15 is 0 Å². The number of carbonyl (C=O) groups excluding carboxylic acids is 1. The summed E-state index contributed by atoms with van der Waals surface area (Å²) in [4.78, 5) is 23.0. The van der Waals surface area contributed by atoms with Crippen LogP contribution < -0.4 is 0 Å². The number of unbranched alkanes of at least 4 members (excludes halogenated alkanes) is 1. The molecule has 0 N–H and O–H groups in total. The topological polar surface area (TPSA) is 60.2 Å². The first-order chi connectivity index (χ1) is 12.3. The molecule has 2 aromatic rings. The molecule has 6 nitrogen and oxygen atoms in total. The average molecular weight is 342 g/mol. The quantitative estimate of drug-likeness (QED) is 0.755. The van der Waals surface area contributed by atoms with Crippen LogP contribution >= 0.6 is 0 Å². The molecule has 2 aromatic heterocycles. The largest absolute Gasteiger partial charge is 0.449 e. The van der Waals surface area contributed by atoms with Crippen LogP contribution in [0.15, 0.2) is 36.8 Å². The van der Waals surface area contributed by atoms with Gasteiger partial charge in [-0.15, -0.1) is 0 Å². The Labute approximate surface area is 148 Å². The number of carbonyl (C=O) groups is 1. The molecule has 0 aromatic carbocycles. The second-order valence-corrected chi connectivity index (χ2v) is 6.49. The van der Waals surface area contributed by atoms with Gasteiger partial charge in [0.15, 0.2) is 0 Å². The Hall–Kier alpha value is -2.37. The molecule has 3 rings (SSSR count). The molecule has 0 saturated carbocycles. The van der Waals surface area contributed by atoms with E-state index in [0.717, 1.165) is 43.7 Å². The lowest BCUT2D eigenvalue weighted by molar-refractivity contribution is 0.0896. The normalized spacial score (nSPS) is 17.5. The Bertz CT molecular complexity index is 671. The second kappa shape index (κ2) is 8.65. The van der Waals surface area contributed by atoms with Crippen molar-refractivity contribution in [1.82, 2.24) is 19.4 Å². The van der Waals surface area contributed by atoms with Crippen molar-refractivity contribution in [1.29, 1.82) is 0 Å². The van der Waals surface area contributed by atoms with Crippen molar-refractivity contribution in [2.75, 3.05) is 19.7 Å². The van der Waals surface area contributed by atoms with Crippen molar-refractivity contribution >= 4 is 6.09 Å². The molecule has 0 unspecified atom stereocenters. The molecule has 6 heteroatoms. The van der Waals surface area contributed by atoms with Crippen LogP contribution in [-0.2, 0) is 11.3 Å². The van der Waals surface area contributed by atoms with Crippen LogP contribution in [0, 0.1) is 0 Å². The molecular weight excluding hydrogens is 316 g/mol. The van der Waals surface area contributed by atoms with E-state index in [0.29, 0.717) is 19.7 Å². The van der Waals surface area contributed by atoms with Gasteiger partial charge in [0.05, 0.1) is 18.8 Å². The summed E-state index contributed by atoms with van der Waals surface area (Å²) in [5.41, 5.74) is 1.01. The molecule has 1 atom stereocenters. The zero-order chi connectivity index (χ0) is 17.5. The summed E-state index contributed by atoms with van der Waals surface area (Å²) in [6, 6.07) is 5.93. The fourth-order valence-electron chi connectivity index (χ4n) is 3.23. The van der Waals surface area contributed by atoms with Gasteiger partial charge in [0, 0.05) is 37.6 Å². The molecule has 3 heterocycles. The summed E-state index contributed by atoms with van der Waals surface area (Å²) < 4.78 is 7.50. The summed E-state index contributed by atoms with van der Waals surface area (Å²) in [7, 11) is 0. The van der Waals surface area contributed by atoms with E-state index in [2.05, 4.69) is 21.5 Å². The maximum absolute atomic E-state index is 12.2. The molecule has 0 radical (unpaired) electrons. The summed E-state index contributed by atoms with van der Waals surface area (Å²) in [5, 5.41) is 0. The van der Waals surface area contributed by atoms with E-state index in [9.17, 15) is 4.79 Å². The predicted octanol–water partition coefficient (Wildman–Crippen LogP) is 3.44. The number of hydrogen-bond donors (Lipinski definition) is 0. The van der Waals surface area contributed by atoms with Crippen molar-refractivity contribution in [2.24, 2.45) is 0 Å². The molecule has 1 fully saturated rings. The predicted molar refractivity (Wildman–Crippen MR) is 95.4 cm³/mol. The van der Waals surface area contributed by atoms with E-state index in [1.807, 2.05) is 35.5 Å². The Morgan fingerprint density at radius 2 is 2.24 bits per heavy atom. The molecule has 1 amide bonds. The minimum Gasteiger partial charge on any atom is -0.449 e. The second-order valence-electron chi connectivity index (χ2n) is 6.49. The Morgan fingerprint density at radius 3 is 3.04 bits per heavy atom. The maximum Gasteiger partial charge on any atom is 0.409 e. The third kappa shape index (κ3) is 4.59. The zero-order valence-electron chi connectivity index (χ0n) is 14.8. The van der Waals surface area contributed by atoms with Crippen molar-refractivity contribution in [3.05, 3.63) is 48.3 Å². The van der Waals surface area contributed by atoms with Gasteiger partial charge in [-0.3, -0.25) is 4.98 Å². The monoisotopic (exact) mass is 342 g/mol. The summed E-state index contributed by atoms with van der Waals surface area (Å²) >= 11 is 0. The first-order valence-corrected chi connectivity index (χ1v) is 9.10. The van der Waals surface area contributed by atoms with Crippen molar-refractivity contribution < 1.29 is 9.53 Å². The number of ether oxygens (including phenoxy) is 1. The molecule has 0 bridgehead atoms. The first kappa shape index (κ1) is 17.5. The third-order valence-corrected chi connectivity index (χ3v) is 4.57. The van der Waals surface area contributed by atoms with Gasteiger partial charge in [-0.2, -0.15) is 0 Å². The van der Waals surface area contributed by atoms with Gasteiger partial charge >= 0.3 is 6.09 Å². The number of hydrogen-bond acceptors (Lipinski definition) is 4. The van der Waals surface area contributed by atoms with Crippen LogP contribution in [0.4, 0.5) is 4.79 Å². The van der Waals surface area contributed by atoms with Gasteiger partial charge in [-0.25, -0.2) is 9.78 Å². The number of imidazole rings is 1. The molecule has 1 aliphatic rings. The SMILES string of the molecule is CCCCOC(=O)N1CCC[C@@H](c2nccn2Cc2ccccn2)C1. The molecule has 0 spiro atoms. The Morgan fingerprint density at radius 1 is 1.32 bits per heavy atom. The summed E-state index contributed by atoms with van der Waals surface area (Å²) in [6.45, 7) is 4.73. The Balaban J connectivity index is 1.64. The highest BCUT2D eigenvalue weighted by Gasteiger charge is 2.28. The summed E-state index contributed by atoms with van der Waals surface area (Å²) in [6.07, 6.45) is 9.39. The molecular formula is C19H26N4O2. The molecule has 1 aliphatic heterocycles. The van der Waals surface area contributed by atoms with Crippen LogP contribution in [0.5, 0.6) is 0 Å². The minimum atomic E-state index is -0.194.